The number of carbonyl (C=O) groups is 1. The van der Waals surface area contributed by atoms with Gasteiger partial charge in [-0.2, -0.15) is 0 Å². The minimum atomic E-state index is -3.69. The average Bonchev–Trinajstić information content (AvgIpc) is 2.54. The van der Waals surface area contributed by atoms with Crippen LogP contribution >= 0.6 is 11.6 Å². The van der Waals surface area contributed by atoms with Crippen molar-refractivity contribution in [2.75, 3.05) is 5.32 Å². The van der Waals surface area contributed by atoms with Crippen molar-refractivity contribution in [2.45, 2.75) is 51.0 Å². The number of anilines is 1. The van der Waals surface area contributed by atoms with Crippen molar-refractivity contribution in [1.29, 1.82) is 0 Å². The maximum absolute atomic E-state index is 12.9. The molecule has 2 aromatic rings. The van der Waals surface area contributed by atoms with E-state index in [9.17, 15) is 13.2 Å². The second kappa shape index (κ2) is 8.64. The summed E-state index contributed by atoms with van der Waals surface area (Å²) in [6.07, 6.45) is 0. The topological polar surface area (TPSA) is 75.3 Å². The molecule has 0 saturated carbocycles. The fourth-order valence-corrected chi connectivity index (χ4v) is 4.52. The largest absolute Gasteiger partial charge is 0.326 e. The lowest BCUT2D eigenvalue weighted by atomic mass is 9.87. The summed E-state index contributed by atoms with van der Waals surface area (Å²) in [4.78, 5) is 13.0. The molecule has 0 aromatic heterocycles. The molecular formula is C21H27ClN2O3S. The van der Waals surface area contributed by atoms with Gasteiger partial charge < -0.3 is 5.32 Å². The summed E-state index contributed by atoms with van der Waals surface area (Å²) in [6.45, 7) is 9.25. The van der Waals surface area contributed by atoms with Gasteiger partial charge >= 0.3 is 0 Å². The summed E-state index contributed by atoms with van der Waals surface area (Å²) in [5.41, 5.74) is 0.687. The highest BCUT2D eigenvalue weighted by atomic mass is 35.5. The van der Waals surface area contributed by atoms with Crippen molar-refractivity contribution in [1.82, 2.24) is 4.72 Å². The molecule has 0 fully saturated rings. The van der Waals surface area contributed by atoms with Gasteiger partial charge in [0.15, 0.2) is 0 Å². The van der Waals surface area contributed by atoms with Gasteiger partial charge in [0.2, 0.25) is 15.9 Å². The van der Waals surface area contributed by atoms with Crippen LogP contribution < -0.4 is 10.0 Å². The second-order valence-electron chi connectivity index (χ2n) is 8.15. The Bertz CT molecular complexity index is 933. The Morgan fingerprint density at radius 3 is 2.18 bits per heavy atom. The lowest BCUT2D eigenvalue weighted by Crippen LogP contribution is -2.40. The van der Waals surface area contributed by atoms with Crippen LogP contribution in [0.1, 0.15) is 46.1 Å². The van der Waals surface area contributed by atoms with Gasteiger partial charge in [-0.05, 0) is 62.6 Å². The molecule has 7 heteroatoms. The van der Waals surface area contributed by atoms with Crippen LogP contribution in [0.5, 0.6) is 0 Å². The van der Waals surface area contributed by atoms with Gasteiger partial charge in [-0.15, -0.1) is 0 Å². The van der Waals surface area contributed by atoms with E-state index in [0.717, 1.165) is 5.56 Å². The Labute approximate surface area is 172 Å². The molecule has 0 saturated heterocycles. The van der Waals surface area contributed by atoms with Crippen LogP contribution in [0.2, 0.25) is 5.02 Å². The van der Waals surface area contributed by atoms with Crippen LogP contribution in [0.15, 0.2) is 53.4 Å². The molecule has 0 aliphatic carbocycles. The van der Waals surface area contributed by atoms with E-state index in [4.69, 9.17) is 11.6 Å². The van der Waals surface area contributed by atoms with E-state index < -0.39 is 15.6 Å². The molecule has 0 heterocycles. The van der Waals surface area contributed by atoms with E-state index in [0.29, 0.717) is 10.7 Å². The van der Waals surface area contributed by atoms with Crippen molar-refractivity contribution < 1.29 is 13.2 Å². The van der Waals surface area contributed by atoms with Crippen LogP contribution in [0, 0.1) is 5.92 Å². The highest BCUT2D eigenvalue weighted by molar-refractivity contribution is 7.89. The molecule has 0 radical (unpaired) electrons. The Balaban J connectivity index is 2.27. The van der Waals surface area contributed by atoms with E-state index >= 15 is 0 Å². The molecule has 1 atom stereocenters. The van der Waals surface area contributed by atoms with Gasteiger partial charge in [0.05, 0.1) is 10.8 Å². The van der Waals surface area contributed by atoms with Crippen LogP contribution in [-0.4, -0.2) is 19.9 Å². The third-order valence-corrected chi connectivity index (χ3v) is 6.04. The number of hydrogen-bond donors (Lipinski definition) is 2. The van der Waals surface area contributed by atoms with Crippen LogP contribution in [-0.2, 0) is 14.8 Å². The number of sulfonamides is 1. The summed E-state index contributed by atoms with van der Waals surface area (Å²) >= 11 is 5.95. The molecule has 2 aromatic carbocycles. The normalized spacial score (nSPS) is 13.4. The van der Waals surface area contributed by atoms with Gasteiger partial charge in [-0.25, -0.2) is 13.1 Å². The number of nitrogens with one attached hydrogen (secondary N) is 2. The van der Waals surface area contributed by atoms with E-state index in [2.05, 4.69) is 10.0 Å². The molecule has 1 amide bonds. The van der Waals surface area contributed by atoms with Crippen molar-refractivity contribution in [2.24, 2.45) is 5.92 Å². The highest BCUT2D eigenvalue weighted by Crippen LogP contribution is 2.28. The Kier molecular flexibility index (Phi) is 6.91. The van der Waals surface area contributed by atoms with Crippen molar-refractivity contribution in [3.8, 4) is 0 Å². The van der Waals surface area contributed by atoms with Crippen LogP contribution in [0.3, 0.4) is 0 Å². The molecule has 0 bridgehead atoms. The third kappa shape index (κ3) is 6.06. The molecule has 2 N–H and O–H groups in total. The van der Waals surface area contributed by atoms with E-state index in [1.165, 1.54) is 12.1 Å². The Morgan fingerprint density at radius 1 is 1.04 bits per heavy atom. The molecule has 28 heavy (non-hydrogen) atoms. The highest BCUT2D eigenvalue weighted by Gasteiger charge is 2.25. The van der Waals surface area contributed by atoms with Crippen LogP contribution in [0.25, 0.3) is 0 Å². The zero-order valence-electron chi connectivity index (χ0n) is 16.8. The molecular weight excluding hydrogens is 396 g/mol. The summed E-state index contributed by atoms with van der Waals surface area (Å²) in [7, 11) is -3.69. The monoisotopic (exact) mass is 422 g/mol. The fourth-order valence-electron chi connectivity index (χ4n) is 2.93. The molecule has 152 valence electrons. The molecule has 0 unspecified atom stereocenters. The summed E-state index contributed by atoms with van der Waals surface area (Å²) in [5.74, 6) is -0.531. The maximum Gasteiger partial charge on any atom is 0.241 e. The minimum Gasteiger partial charge on any atom is -0.326 e. The lowest BCUT2D eigenvalue weighted by molar-refractivity contribution is -0.118. The van der Waals surface area contributed by atoms with Crippen molar-refractivity contribution >= 4 is 33.2 Å². The quantitative estimate of drug-likeness (QED) is 0.702. The number of halogens is 1. The van der Waals surface area contributed by atoms with Gasteiger partial charge in [0, 0.05) is 16.2 Å². The third-order valence-electron chi connectivity index (χ3n) is 4.03. The van der Waals surface area contributed by atoms with Crippen LogP contribution in [0.4, 0.5) is 5.69 Å². The van der Waals surface area contributed by atoms with E-state index in [1.807, 2.05) is 26.0 Å². The van der Waals surface area contributed by atoms with Gasteiger partial charge in [-0.1, -0.05) is 43.6 Å². The van der Waals surface area contributed by atoms with Crippen molar-refractivity contribution in [3.05, 3.63) is 59.1 Å². The first-order valence-corrected chi connectivity index (χ1v) is 11.0. The molecule has 0 aliphatic rings. The number of amides is 1. The fraction of sp³-hybridized carbons (Fsp3) is 0.381. The zero-order chi connectivity index (χ0) is 21.1. The smallest absolute Gasteiger partial charge is 0.241 e. The SMILES string of the molecule is CC(C)[C@@H](C(=O)Nc1cccc(S(=O)(=O)NC(C)(C)C)c1)c1ccc(Cl)cc1. The molecule has 0 aliphatic heterocycles. The predicted octanol–water partition coefficient (Wildman–Crippen LogP) is 4.80. The summed E-state index contributed by atoms with van der Waals surface area (Å²) < 4.78 is 27.7. The predicted molar refractivity (Wildman–Crippen MR) is 114 cm³/mol. The molecule has 0 spiro atoms. The number of benzene rings is 2. The number of carbonyl (C=O) groups excluding carboxylic acids is 1. The molecule has 2 rings (SSSR count). The van der Waals surface area contributed by atoms with Crippen molar-refractivity contribution in [3.63, 3.8) is 0 Å². The zero-order valence-corrected chi connectivity index (χ0v) is 18.4. The molecule has 5 nitrogen and oxygen atoms in total. The number of hydrogen-bond acceptors (Lipinski definition) is 3. The Hall–Kier alpha value is -1.89. The van der Waals surface area contributed by atoms with Gasteiger partial charge in [0.1, 0.15) is 0 Å². The van der Waals surface area contributed by atoms with E-state index in [-0.39, 0.29) is 22.6 Å². The minimum absolute atomic E-state index is 0.0515. The van der Waals surface area contributed by atoms with E-state index in [1.54, 1.807) is 45.0 Å². The standard InChI is InChI=1S/C21H27ClN2O3S/c1-14(2)19(15-9-11-16(22)12-10-15)20(25)23-17-7-6-8-18(13-17)28(26,27)24-21(3,4)5/h6-14,19,24H,1-5H3,(H,23,25)/t19-/m1/s1. The average molecular weight is 423 g/mol. The van der Waals surface area contributed by atoms with Gasteiger partial charge in [-0.3, -0.25) is 4.79 Å². The first-order chi connectivity index (χ1) is 12.9. The summed E-state index contributed by atoms with van der Waals surface area (Å²) in [6, 6.07) is 13.4. The first kappa shape index (κ1) is 22.4. The maximum atomic E-state index is 12.9. The summed E-state index contributed by atoms with van der Waals surface area (Å²) in [5, 5.41) is 3.45. The lowest BCUT2D eigenvalue weighted by Gasteiger charge is -2.22. The van der Waals surface area contributed by atoms with Gasteiger partial charge in [0.25, 0.3) is 0 Å². The number of rotatable bonds is 6. The Morgan fingerprint density at radius 2 is 1.64 bits per heavy atom. The second-order valence-corrected chi connectivity index (χ2v) is 10.3. The first-order valence-electron chi connectivity index (χ1n) is 9.09.